The van der Waals surface area contributed by atoms with E-state index in [1.165, 1.54) is 134 Å². The van der Waals surface area contributed by atoms with Crippen LogP contribution in [0.3, 0.4) is 0 Å². The van der Waals surface area contributed by atoms with Crippen LogP contribution < -0.4 is 0 Å². The van der Waals surface area contributed by atoms with E-state index in [1.54, 1.807) is 0 Å². The van der Waals surface area contributed by atoms with Gasteiger partial charge in [-0.05, 0) is 32.6 Å². The summed E-state index contributed by atoms with van der Waals surface area (Å²) in [5.41, 5.74) is 1.83. The standard InChI is InChI=1S/C30H58O2/c1-4-6-8-10-12-14-16-17-19-21-23-25-27-29(28(3)30(31)32)26-24-22-20-18-15-13-11-9-7-5-2/h4-27H2,1-3H3,(H,31,32). The van der Waals surface area contributed by atoms with Crippen molar-refractivity contribution in [3.63, 3.8) is 0 Å². The topological polar surface area (TPSA) is 37.3 Å². The second-order valence-electron chi connectivity index (χ2n) is 10.1. The highest BCUT2D eigenvalue weighted by molar-refractivity contribution is 5.86. The van der Waals surface area contributed by atoms with Crippen LogP contribution in [-0.2, 0) is 4.79 Å². The Hall–Kier alpha value is -0.790. The molecule has 0 saturated heterocycles. The summed E-state index contributed by atoms with van der Waals surface area (Å²) in [6, 6.07) is 0. The molecule has 0 fully saturated rings. The number of unbranched alkanes of at least 4 members (excludes halogenated alkanes) is 20. The van der Waals surface area contributed by atoms with Crippen LogP contribution in [0.5, 0.6) is 0 Å². The zero-order chi connectivity index (χ0) is 23.7. The summed E-state index contributed by atoms with van der Waals surface area (Å²) < 4.78 is 0. The van der Waals surface area contributed by atoms with E-state index in [0.29, 0.717) is 5.57 Å². The van der Waals surface area contributed by atoms with Crippen LogP contribution in [0.25, 0.3) is 0 Å². The second kappa shape index (κ2) is 24.8. The molecular weight excluding hydrogens is 392 g/mol. The van der Waals surface area contributed by atoms with Crippen molar-refractivity contribution in [3.8, 4) is 0 Å². The summed E-state index contributed by atoms with van der Waals surface area (Å²) in [4.78, 5) is 11.5. The summed E-state index contributed by atoms with van der Waals surface area (Å²) in [7, 11) is 0. The molecule has 0 bridgehead atoms. The third-order valence-corrected chi connectivity index (χ3v) is 7.02. The number of allylic oxidation sites excluding steroid dienone is 1. The first-order valence-corrected chi connectivity index (χ1v) is 14.5. The molecule has 0 rings (SSSR count). The lowest BCUT2D eigenvalue weighted by Crippen LogP contribution is -2.02. The van der Waals surface area contributed by atoms with Gasteiger partial charge in [-0.15, -0.1) is 0 Å². The number of rotatable bonds is 25. The fraction of sp³-hybridized carbons (Fsp3) is 0.900. The van der Waals surface area contributed by atoms with E-state index < -0.39 is 5.97 Å². The van der Waals surface area contributed by atoms with Gasteiger partial charge in [-0.25, -0.2) is 4.79 Å². The number of carboxylic acids is 1. The zero-order valence-corrected chi connectivity index (χ0v) is 22.3. The van der Waals surface area contributed by atoms with E-state index in [-0.39, 0.29) is 0 Å². The average Bonchev–Trinajstić information content (AvgIpc) is 2.79. The summed E-state index contributed by atoms with van der Waals surface area (Å²) >= 11 is 0. The maximum atomic E-state index is 11.5. The van der Waals surface area contributed by atoms with Gasteiger partial charge in [-0.2, -0.15) is 0 Å². The molecule has 0 aromatic rings. The first kappa shape index (κ1) is 31.2. The lowest BCUT2D eigenvalue weighted by Gasteiger charge is -2.11. The van der Waals surface area contributed by atoms with Crippen molar-refractivity contribution in [2.45, 2.75) is 175 Å². The molecule has 0 spiro atoms. The normalized spacial score (nSPS) is 12.2. The van der Waals surface area contributed by atoms with Crippen molar-refractivity contribution in [1.29, 1.82) is 0 Å². The van der Waals surface area contributed by atoms with Crippen molar-refractivity contribution in [2.24, 2.45) is 0 Å². The molecule has 0 aromatic heterocycles. The Morgan fingerprint density at radius 2 is 0.719 bits per heavy atom. The predicted molar refractivity (Wildman–Crippen MR) is 142 cm³/mol. The molecule has 0 aliphatic rings. The van der Waals surface area contributed by atoms with E-state index in [2.05, 4.69) is 13.8 Å². The van der Waals surface area contributed by atoms with Crippen molar-refractivity contribution in [3.05, 3.63) is 11.1 Å². The quantitative estimate of drug-likeness (QED) is 0.111. The van der Waals surface area contributed by atoms with Crippen molar-refractivity contribution >= 4 is 5.97 Å². The van der Waals surface area contributed by atoms with Crippen LogP contribution in [0.15, 0.2) is 11.1 Å². The van der Waals surface area contributed by atoms with Gasteiger partial charge in [-0.3, -0.25) is 0 Å². The first-order chi connectivity index (χ1) is 15.6. The highest BCUT2D eigenvalue weighted by Crippen LogP contribution is 2.22. The SMILES string of the molecule is CCCCCCCCCCCCCCC(CCCCCCCCCCCC)=C(C)C(=O)O. The number of aliphatic carboxylic acids is 1. The van der Waals surface area contributed by atoms with Gasteiger partial charge in [-0.1, -0.05) is 148 Å². The first-order valence-electron chi connectivity index (χ1n) is 14.5. The highest BCUT2D eigenvalue weighted by Gasteiger charge is 2.09. The van der Waals surface area contributed by atoms with Crippen molar-refractivity contribution < 1.29 is 9.90 Å². The van der Waals surface area contributed by atoms with Gasteiger partial charge in [0, 0.05) is 5.57 Å². The second-order valence-corrected chi connectivity index (χ2v) is 10.1. The summed E-state index contributed by atoms with van der Waals surface area (Å²) in [5.74, 6) is -0.717. The highest BCUT2D eigenvalue weighted by atomic mass is 16.4. The van der Waals surface area contributed by atoms with E-state index in [0.717, 1.165) is 25.7 Å². The van der Waals surface area contributed by atoms with Gasteiger partial charge in [0.2, 0.25) is 0 Å². The number of hydrogen-bond acceptors (Lipinski definition) is 1. The molecule has 32 heavy (non-hydrogen) atoms. The minimum Gasteiger partial charge on any atom is -0.478 e. The lowest BCUT2D eigenvalue weighted by molar-refractivity contribution is -0.132. The largest absolute Gasteiger partial charge is 0.478 e. The summed E-state index contributed by atoms with van der Waals surface area (Å²) in [5, 5.41) is 9.45. The van der Waals surface area contributed by atoms with E-state index in [9.17, 15) is 9.90 Å². The lowest BCUT2D eigenvalue weighted by atomic mass is 9.95. The minimum absolute atomic E-state index is 0.615. The van der Waals surface area contributed by atoms with Gasteiger partial charge in [0.25, 0.3) is 0 Å². The molecule has 0 aliphatic carbocycles. The Labute approximate surface area is 202 Å². The Kier molecular flexibility index (Phi) is 24.2. The maximum Gasteiger partial charge on any atom is 0.331 e. The Morgan fingerprint density at radius 1 is 0.469 bits per heavy atom. The van der Waals surface area contributed by atoms with Crippen LogP contribution in [-0.4, -0.2) is 11.1 Å². The molecule has 2 heteroatoms. The molecule has 0 saturated carbocycles. The van der Waals surface area contributed by atoms with Crippen molar-refractivity contribution in [1.82, 2.24) is 0 Å². The number of hydrogen-bond donors (Lipinski definition) is 1. The molecule has 0 radical (unpaired) electrons. The van der Waals surface area contributed by atoms with Gasteiger partial charge in [0.1, 0.15) is 0 Å². The number of carbonyl (C=O) groups is 1. The van der Waals surface area contributed by atoms with Crippen LogP contribution in [0.4, 0.5) is 0 Å². The Balaban J connectivity index is 3.76. The molecule has 0 unspecified atom stereocenters. The van der Waals surface area contributed by atoms with E-state index >= 15 is 0 Å². The molecule has 190 valence electrons. The zero-order valence-electron chi connectivity index (χ0n) is 22.3. The van der Waals surface area contributed by atoms with Crippen LogP contribution in [0.1, 0.15) is 175 Å². The smallest absolute Gasteiger partial charge is 0.331 e. The van der Waals surface area contributed by atoms with Crippen molar-refractivity contribution in [2.75, 3.05) is 0 Å². The van der Waals surface area contributed by atoms with Gasteiger partial charge in [0.05, 0.1) is 0 Å². The third-order valence-electron chi connectivity index (χ3n) is 7.02. The summed E-state index contributed by atoms with van der Waals surface area (Å²) in [6.45, 7) is 6.36. The van der Waals surface area contributed by atoms with Crippen LogP contribution in [0, 0.1) is 0 Å². The molecular formula is C30H58O2. The maximum absolute atomic E-state index is 11.5. The molecule has 0 aromatic carbocycles. The molecule has 0 amide bonds. The van der Waals surface area contributed by atoms with Gasteiger partial charge < -0.3 is 5.11 Å². The fourth-order valence-electron chi connectivity index (χ4n) is 4.66. The predicted octanol–water partition coefficient (Wildman–Crippen LogP) is 10.8. The average molecular weight is 451 g/mol. The number of carboxylic acid groups (broad SMARTS) is 1. The van der Waals surface area contributed by atoms with E-state index in [1.807, 2.05) is 6.92 Å². The summed E-state index contributed by atoms with van der Waals surface area (Å²) in [6.07, 6.45) is 31.6. The molecule has 0 aliphatic heterocycles. The minimum atomic E-state index is -0.717. The molecule has 0 atom stereocenters. The monoisotopic (exact) mass is 450 g/mol. The molecule has 2 nitrogen and oxygen atoms in total. The van der Waals surface area contributed by atoms with Crippen LogP contribution in [0.2, 0.25) is 0 Å². The van der Waals surface area contributed by atoms with Crippen LogP contribution >= 0.6 is 0 Å². The molecule has 1 N–H and O–H groups in total. The van der Waals surface area contributed by atoms with Gasteiger partial charge >= 0.3 is 5.97 Å². The Morgan fingerprint density at radius 3 is 0.969 bits per heavy atom. The Bertz CT molecular complexity index is 438. The fourth-order valence-corrected chi connectivity index (χ4v) is 4.66. The van der Waals surface area contributed by atoms with E-state index in [4.69, 9.17) is 0 Å². The third kappa shape index (κ3) is 21.1. The van der Waals surface area contributed by atoms with Gasteiger partial charge in [0.15, 0.2) is 0 Å². The molecule has 0 heterocycles.